The molecule has 1 heterocycles. The van der Waals surface area contributed by atoms with Crippen LogP contribution < -0.4 is 11.3 Å². The van der Waals surface area contributed by atoms with Gasteiger partial charge in [0.1, 0.15) is 5.82 Å². The monoisotopic (exact) mass is 299 g/mol. The summed E-state index contributed by atoms with van der Waals surface area (Å²) < 4.78 is 52.5. The van der Waals surface area contributed by atoms with Crippen LogP contribution in [0.3, 0.4) is 0 Å². The largest absolute Gasteiger partial charge is 0.416 e. The summed E-state index contributed by atoms with van der Waals surface area (Å²) in [7, 11) is 0. The standard InChI is InChI=1S/C14H13F4N3/c1-8-2-3-9(7-20-8)13(21-19)11-6-10(15)4-5-12(11)14(16,17)18/h2-7,13,21H,19H2,1H3. The molecule has 0 saturated carbocycles. The molecule has 0 aliphatic carbocycles. The van der Waals surface area contributed by atoms with E-state index in [1.165, 1.54) is 6.20 Å². The molecular formula is C14H13F4N3. The van der Waals surface area contributed by atoms with Crippen LogP contribution in [0, 0.1) is 12.7 Å². The Morgan fingerprint density at radius 2 is 1.90 bits per heavy atom. The van der Waals surface area contributed by atoms with E-state index in [2.05, 4.69) is 10.4 Å². The first kappa shape index (κ1) is 15.4. The van der Waals surface area contributed by atoms with Crippen molar-refractivity contribution in [2.45, 2.75) is 19.1 Å². The number of aromatic nitrogens is 1. The second-order valence-corrected chi connectivity index (χ2v) is 4.56. The van der Waals surface area contributed by atoms with Gasteiger partial charge in [-0.25, -0.2) is 9.82 Å². The third-order valence-corrected chi connectivity index (χ3v) is 3.06. The Morgan fingerprint density at radius 1 is 1.19 bits per heavy atom. The molecule has 2 aromatic rings. The average Bonchev–Trinajstić information content (AvgIpc) is 2.40. The summed E-state index contributed by atoms with van der Waals surface area (Å²) in [6.45, 7) is 1.75. The molecule has 7 heteroatoms. The highest BCUT2D eigenvalue weighted by molar-refractivity contribution is 5.38. The lowest BCUT2D eigenvalue weighted by Gasteiger charge is -2.21. The molecule has 1 atom stereocenters. The minimum Gasteiger partial charge on any atom is -0.271 e. The quantitative estimate of drug-likeness (QED) is 0.520. The summed E-state index contributed by atoms with van der Waals surface area (Å²) in [6, 6.07) is 4.53. The van der Waals surface area contributed by atoms with E-state index in [4.69, 9.17) is 5.84 Å². The second kappa shape index (κ2) is 5.79. The minimum absolute atomic E-state index is 0.282. The van der Waals surface area contributed by atoms with Gasteiger partial charge in [0.25, 0.3) is 0 Å². The van der Waals surface area contributed by atoms with Crippen LogP contribution in [0.5, 0.6) is 0 Å². The lowest BCUT2D eigenvalue weighted by molar-refractivity contribution is -0.138. The Kier molecular flexibility index (Phi) is 4.24. The first-order valence-corrected chi connectivity index (χ1v) is 6.08. The van der Waals surface area contributed by atoms with E-state index >= 15 is 0 Å². The molecule has 0 bridgehead atoms. The van der Waals surface area contributed by atoms with Gasteiger partial charge in [-0.3, -0.25) is 10.8 Å². The van der Waals surface area contributed by atoms with Crippen molar-refractivity contribution in [3.05, 3.63) is 64.7 Å². The molecule has 2 rings (SSSR count). The molecule has 0 radical (unpaired) electrons. The number of rotatable bonds is 3. The molecule has 0 aliphatic heterocycles. The molecular weight excluding hydrogens is 286 g/mol. The average molecular weight is 299 g/mol. The first-order chi connectivity index (χ1) is 9.82. The van der Waals surface area contributed by atoms with Crippen LogP contribution in [-0.2, 0) is 6.18 Å². The van der Waals surface area contributed by atoms with Crippen molar-refractivity contribution in [3.8, 4) is 0 Å². The number of pyridine rings is 1. The van der Waals surface area contributed by atoms with Gasteiger partial charge in [-0.05, 0) is 42.3 Å². The molecule has 112 valence electrons. The molecule has 1 aromatic carbocycles. The summed E-state index contributed by atoms with van der Waals surface area (Å²) in [6.07, 6.45) is -3.19. The number of nitrogens with one attached hydrogen (secondary N) is 1. The van der Waals surface area contributed by atoms with Gasteiger partial charge in [-0.15, -0.1) is 0 Å². The fraction of sp³-hybridized carbons (Fsp3) is 0.214. The van der Waals surface area contributed by atoms with Crippen molar-refractivity contribution in [2.75, 3.05) is 0 Å². The Labute approximate surface area is 118 Å². The normalized spacial score (nSPS) is 13.2. The number of hydrazine groups is 1. The van der Waals surface area contributed by atoms with Crippen LogP contribution in [0.4, 0.5) is 17.6 Å². The zero-order chi connectivity index (χ0) is 15.6. The van der Waals surface area contributed by atoms with Gasteiger partial charge in [0, 0.05) is 11.9 Å². The topological polar surface area (TPSA) is 50.9 Å². The lowest BCUT2D eigenvalue weighted by Crippen LogP contribution is -2.31. The molecule has 0 aliphatic rings. The Hall–Kier alpha value is -1.99. The van der Waals surface area contributed by atoms with Crippen LogP contribution >= 0.6 is 0 Å². The van der Waals surface area contributed by atoms with Crippen LogP contribution in [0.25, 0.3) is 0 Å². The van der Waals surface area contributed by atoms with Gasteiger partial charge >= 0.3 is 6.18 Å². The number of benzene rings is 1. The predicted molar refractivity (Wildman–Crippen MR) is 69.5 cm³/mol. The summed E-state index contributed by atoms with van der Waals surface area (Å²) >= 11 is 0. The lowest BCUT2D eigenvalue weighted by atomic mass is 9.95. The van der Waals surface area contributed by atoms with Crippen LogP contribution in [0.15, 0.2) is 36.5 Å². The first-order valence-electron chi connectivity index (χ1n) is 6.08. The fourth-order valence-electron chi connectivity index (χ4n) is 2.05. The number of nitrogens with zero attached hydrogens (tertiary/aromatic N) is 1. The molecule has 3 N–H and O–H groups in total. The number of hydrogen-bond acceptors (Lipinski definition) is 3. The van der Waals surface area contributed by atoms with E-state index in [0.29, 0.717) is 17.3 Å². The molecule has 1 aromatic heterocycles. The molecule has 0 saturated heterocycles. The van der Waals surface area contributed by atoms with Crippen molar-refractivity contribution in [2.24, 2.45) is 5.84 Å². The smallest absolute Gasteiger partial charge is 0.271 e. The van der Waals surface area contributed by atoms with Crippen molar-refractivity contribution in [1.29, 1.82) is 0 Å². The number of nitrogens with two attached hydrogens (primary N) is 1. The second-order valence-electron chi connectivity index (χ2n) is 4.56. The molecule has 3 nitrogen and oxygen atoms in total. The maximum atomic E-state index is 13.4. The predicted octanol–water partition coefficient (Wildman–Crippen LogP) is 3.10. The van der Waals surface area contributed by atoms with Crippen LogP contribution in [0.2, 0.25) is 0 Å². The summed E-state index contributed by atoms with van der Waals surface area (Å²) in [4.78, 5) is 4.02. The van der Waals surface area contributed by atoms with Crippen molar-refractivity contribution < 1.29 is 17.6 Å². The molecule has 1 unspecified atom stereocenters. The van der Waals surface area contributed by atoms with Gasteiger partial charge in [-0.1, -0.05) is 6.07 Å². The van der Waals surface area contributed by atoms with Gasteiger partial charge in [0.2, 0.25) is 0 Å². The molecule has 0 fully saturated rings. The maximum Gasteiger partial charge on any atom is 0.416 e. The SMILES string of the molecule is Cc1ccc(C(NN)c2cc(F)ccc2C(F)(F)F)cn1. The van der Waals surface area contributed by atoms with Gasteiger partial charge in [0.15, 0.2) is 0 Å². The minimum atomic E-state index is -4.60. The highest BCUT2D eigenvalue weighted by Gasteiger charge is 2.35. The molecule has 0 spiro atoms. The summed E-state index contributed by atoms with van der Waals surface area (Å²) in [5, 5.41) is 0. The summed E-state index contributed by atoms with van der Waals surface area (Å²) in [5.41, 5.74) is 2.20. The van der Waals surface area contributed by atoms with Crippen molar-refractivity contribution in [3.63, 3.8) is 0 Å². The third kappa shape index (κ3) is 3.37. The molecule has 21 heavy (non-hydrogen) atoms. The van der Waals surface area contributed by atoms with E-state index in [0.717, 1.165) is 12.1 Å². The van der Waals surface area contributed by atoms with Crippen molar-refractivity contribution in [1.82, 2.24) is 10.4 Å². The number of hydrogen-bond donors (Lipinski definition) is 2. The van der Waals surface area contributed by atoms with E-state index in [1.807, 2.05) is 0 Å². The van der Waals surface area contributed by atoms with Gasteiger partial charge in [-0.2, -0.15) is 13.2 Å². The number of halogens is 4. The van der Waals surface area contributed by atoms with Crippen LogP contribution in [-0.4, -0.2) is 4.98 Å². The van der Waals surface area contributed by atoms with E-state index in [-0.39, 0.29) is 5.56 Å². The van der Waals surface area contributed by atoms with Crippen molar-refractivity contribution >= 4 is 0 Å². The zero-order valence-electron chi connectivity index (χ0n) is 11.1. The van der Waals surface area contributed by atoms with Gasteiger partial charge in [0.05, 0.1) is 11.6 Å². The Balaban J connectivity index is 2.56. The Bertz CT molecular complexity index is 623. The van der Waals surface area contributed by atoms with Crippen LogP contribution in [0.1, 0.15) is 28.4 Å². The number of aryl methyl sites for hydroxylation is 1. The van der Waals surface area contributed by atoms with E-state index in [9.17, 15) is 17.6 Å². The van der Waals surface area contributed by atoms with Gasteiger partial charge < -0.3 is 0 Å². The fourth-order valence-corrected chi connectivity index (χ4v) is 2.05. The summed E-state index contributed by atoms with van der Waals surface area (Å²) in [5.74, 6) is 4.60. The zero-order valence-corrected chi connectivity index (χ0v) is 11.1. The maximum absolute atomic E-state index is 13.4. The Morgan fingerprint density at radius 3 is 2.43 bits per heavy atom. The number of alkyl halides is 3. The highest BCUT2D eigenvalue weighted by Crippen LogP contribution is 2.36. The van der Waals surface area contributed by atoms with E-state index in [1.54, 1.807) is 19.1 Å². The third-order valence-electron chi connectivity index (χ3n) is 3.06. The molecule has 0 amide bonds. The highest BCUT2D eigenvalue weighted by atomic mass is 19.4. The van der Waals surface area contributed by atoms with E-state index < -0.39 is 23.6 Å².